The minimum absolute atomic E-state index is 0.0305. The molecule has 2 aliphatic rings. The molecule has 4 atom stereocenters. The molecule has 2 saturated heterocycles. The predicted molar refractivity (Wildman–Crippen MR) is 157 cm³/mol. The first kappa shape index (κ1) is 28.4. The van der Waals surface area contributed by atoms with Crippen molar-refractivity contribution in [2.24, 2.45) is 0 Å². The lowest BCUT2D eigenvalue weighted by Gasteiger charge is -2.51. The van der Waals surface area contributed by atoms with Crippen molar-refractivity contribution < 1.29 is 17.5 Å². The number of pyridine rings is 1. The summed E-state index contributed by atoms with van der Waals surface area (Å²) in [5, 5.41) is 5.40. The Morgan fingerprint density at radius 2 is 1.93 bits per heavy atom. The number of hydrogen-bond acceptors (Lipinski definition) is 9. The van der Waals surface area contributed by atoms with Crippen LogP contribution in [0.3, 0.4) is 0 Å². The number of hydrogen-bond donors (Lipinski definition) is 1. The van der Waals surface area contributed by atoms with Gasteiger partial charge in [0.05, 0.1) is 24.9 Å². The van der Waals surface area contributed by atoms with Gasteiger partial charge >= 0.3 is 0 Å². The van der Waals surface area contributed by atoms with Gasteiger partial charge in [0.1, 0.15) is 17.8 Å². The summed E-state index contributed by atoms with van der Waals surface area (Å²) in [5.41, 5.74) is 2.23. The van der Waals surface area contributed by atoms with E-state index in [1.165, 1.54) is 23.2 Å². The van der Waals surface area contributed by atoms with E-state index in [9.17, 15) is 12.8 Å². The second-order valence-electron chi connectivity index (χ2n) is 11.1. The summed E-state index contributed by atoms with van der Waals surface area (Å²) in [6, 6.07) is 8.01. The smallest absolute Gasteiger partial charge is 0.227 e. The Morgan fingerprint density at radius 1 is 1.15 bits per heavy atom. The van der Waals surface area contributed by atoms with Crippen LogP contribution < -0.4 is 15.1 Å². The standard InChI is InChI=1S/C28H38FN7O3S/c1-17(2)19-7-8-23(36-16-24(18(36)3)34(4)40(6,37)38)21-14-31-27(13-20(19)21)32-26-9-11-30-28(33-26)35-12-10-25(39-5)22(29)15-35/h7-9,11,13-14,17-18,22,24-25H,10,12,15-16H2,1-6H3,(H,30,31,32,33)/t18-,22+,24+,25-/m1/s1. The van der Waals surface area contributed by atoms with Crippen LogP contribution in [0.2, 0.25) is 0 Å². The highest BCUT2D eigenvalue weighted by atomic mass is 32.2. The highest BCUT2D eigenvalue weighted by Gasteiger charge is 2.41. The van der Waals surface area contributed by atoms with Crippen molar-refractivity contribution in [2.75, 3.05) is 55.2 Å². The Hall–Kier alpha value is -3.09. The van der Waals surface area contributed by atoms with E-state index in [1.54, 1.807) is 19.3 Å². The summed E-state index contributed by atoms with van der Waals surface area (Å²) in [7, 11) is -0.0851. The van der Waals surface area contributed by atoms with Crippen LogP contribution in [-0.2, 0) is 14.8 Å². The van der Waals surface area contributed by atoms with Gasteiger partial charge in [-0.2, -0.15) is 9.29 Å². The van der Waals surface area contributed by atoms with Crippen molar-refractivity contribution in [3.8, 4) is 0 Å². The number of nitrogens with zero attached hydrogens (tertiary/aromatic N) is 6. The second-order valence-corrected chi connectivity index (χ2v) is 13.1. The molecular formula is C28H38FN7O3S. The summed E-state index contributed by atoms with van der Waals surface area (Å²) in [4.78, 5) is 17.8. The van der Waals surface area contributed by atoms with Gasteiger partial charge in [-0.1, -0.05) is 19.9 Å². The number of aromatic nitrogens is 3. The zero-order chi connectivity index (χ0) is 28.8. The molecule has 0 saturated carbocycles. The topological polar surface area (TPSA) is 104 Å². The number of piperidine rings is 1. The molecule has 0 unspecified atom stereocenters. The molecule has 2 aliphatic heterocycles. The fraction of sp³-hybridized carbons (Fsp3) is 0.536. The highest BCUT2D eigenvalue weighted by Crippen LogP contribution is 2.39. The van der Waals surface area contributed by atoms with Gasteiger partial charge in [-0.3, -0.25) is 0 Å². The lowest BCUT2D eigenvalue weighted by Crippen LogP contribution is -2.65. The lowest BCUT2D eigenvalue weighted by molar-refractivity contribution is 0.0194. The van der Waals surface area contributed by atoms with Crippen LogP contribution in [0.15, 0.2) is 36.7 Å². The van der Waals surface area contributed by atoms with Crippen molar-refractivity contribution in [3.63, 3.8) is 0 Å². The van der Waals surface area contributed by atoms with Crippen LogP contribution in [0, 0.1) is 0 Å². The first-order chi connectivity index (χ1) is 19.0. The zero-order valence-electron chi connectivity index (χ0n) is 23.9. The van der Waals surface area contributed by atoms with Gasteiger partial charge in [-0.15, -0.1) is 0 Å². The molecule has 2 aromatic heterocycles. The predicted octanol–water partition coefficient (Wildman–Crippen LogP) is 3.92. The zero-order valence-corrected chi connectivity index (χ0v) is 24.7. The number of fused-ring (bicyclic) bond motifs is 1. The van der Waals surface area contributed by atoms with E-state index in [1.807, 2.05) is 17.2 Å². The normalized spacial score (nSPS) is 23.6. The monoisotopic (exact) mass is 571 g/mol. The van der Waals surface area contributed by atoms with Crippen LogP contribution in [-0.4, -0.2) is 92.1 Å². The van der Waals surface area contributed by atoms with E-state index in [0.717, 1.165) is 16.5 Å². The van der Waals surface area contributed by atoms with Crippen molar-refractivity contribution in [2.45, 2.75) is 57.5 Å². The number of ether oxygens (including phenoxy) is 1. The number of sulfonamides is 1. The number of rotatable bonds is 8. The number of halogens is 1. The van der Waals surface area contributed by atoms with E-state index in [4.69, 9.17) is 9.72 Å². The molecule has 3 aromatic rings. The van der Waals surface area contributed by atoms with Crippen molar-refractivity contribution in [3.05, 3.63) is 42.2 Å². The minimum atomic E-state index is -3.27. The van der Waals surface area contributed by atoms with Crippen LogP contribution >= 0.6 is 0 Å². The Bertz CT molecular complexity index is 1490. The third kappa shape index (κ3) is 5.44. The summed E-state index contributed by atoms with van der Waals surface area (Å²) < 4.78 is 45.3. The maximum atomic E-state index is 14.5. The van der Waals surface area contributed by atoms with E-state index >= 15 is 0 Å². The van der Waals surface area contributed by atoms with Gasteiger partial charge in [-0.25, -0.2) is 22.8 Å². The van der Waals surface area contributed by atoms with Crippen LogP contribution in [0.5, 0.6) is 0 Å². The molecule has 0 spiro atoms. The number of methoxy groups -OCH3 is 1. The first-order valence-corrected chi connectivity index (χ1v) is 15.5. The van der Waals surface area contributed by atoms with Crippen LogP contribution in [0.25, 0.3) is 10.8 Å². The van der Waals surface area contributed by atoms with Crippen molar-refractivity contribution in [1.29, 1.82) is 0 Å². The summed E-state index contributed by atoms with van der Waals surface area (Å²) in [6.45, 7) is 7.79. The lowest BCUT2D eigenvalue weighted by atomic mass is 9.92. The maximum absolute atomic E-state index is 14.5. The summed E-state index contributed by atoms with van der Waals surface area (Å²) in [5.74, 6) is 1.97. The molecule has 0 aliphatic carbocycles. The molecule has 40 heavy (non-hydrogen) atoms. The van der Waals surface area contributed by atoms with Crippen LogP contribution in [0.4, 0.5) is 27.7 Å². The number of benzene rings is 1. The van der Waals surface area contributed by atoms with Gasteiger partial charge in [0.15, 0.2) is 0 Å². The highest BCUT2D eigenvalue weighted by molar-refractivity contribution is 7.88. The average molecular weight is 572 g/mol. The van der Waals surface area contributed by atoms with E-state index < -0.39 is 22.3 Å². The molecule has 0 radical (unpaired) electrons. The van der Waals surface area contributed by atoms with E-state index in [0.29, 0.717) is 43.0 Å². The number of likely N-dealkylation sites (N-methyl/N-ethyl adjacent to an activating group) is 1. The molecular weight excluding hydrogens is 533 g/mol. The molecule has 5 rings (SSSR count). The van der Waals surface area contributed by atoms with Gasteiger partial charge < -0.3 is 19.9 Å². The molecule has 12 heteroatoms. The van der Waals surface area contributed by atoms with Gasteiger partial charge in [0, 0.05) is 56.8 Å². The van der Waals surface area contributed by atoms with E-state index in [-0.39, 0.29) is 18.6 Å². The largest absolute Gasteiger partial charge is 0.378 e. The summed E-state index contributed by atoms with van der Waals surface area (Å²) in [6.07, 6.45) is 3.85. The third-order valence-electron chi connectivity index (χ3n) is 8.23. The van der Waals surface area contributed by atoms with Gasteiger partial charge in [0.2, 0.25) is 16.0 Å². The molecule has 1 N–H and O–H groups in total. The van der Waals surface area contributed by atoms with Crippen LogP contribution in [0.1, 0.15) is 38.7 Å². The molecule has 2 fully saturated rings. The molecule has 0 amide bonds. The maximum Gasteiger partial charge on any atom is 0.227 e. The number of alkyl halides is 1. The molecule has 0 bridgehead atoms. The van der Waals surface area contributed by atoms with Gasteiger partial charge in [0.25, 0.3) is 0 Å². The quantitative estimate of drug-likeness (QED) is 0.431. The second kappa shape index (κ2) is 11.1. The Morgan fingerprint density at radius 3 is 2.58 bits per heavy atom. The van der Waals surface area contributed by atoms with Crippen molar-refractivity contribution in [1.82, 2.24) is 19.3 Å². The SMILES string of the molecule is CO[C@@H]1CCN(c2nccc(Nc3cc4c(C(C)C)ccc(N5C[C@H](N(C)S(C)(=O)=O)[C@H]5C)c4cn3)n2)C[C@@H]1F. The van der Waals surface area contributed by atoms with Crippen molar-refractivity contribution >= 4 is 44.1 Å². The Labute approximate surface area is 235 Å². The fourth-order valence-corrected chi connectivity index (χ4v) is 6.41. The number of nitrogens with one attached hydrogen (secondary N) is 1. The Kier molecular flexibility index (Phi) is 7.86. The van der Waals surface area contributed by atoms with E-state index in [2.05, 4.69) is 53.1 Å². The number of anilines is 4. The molecule has 10 nitrogen and oxygen atoms in total. The fourth-order valence-electron chi connectivity index (χ4n) is 5.67. The third-order valence-corrected chi connectivity index (χ3v) is 9.55. The first-order valence-electron chi connectivity index (χ1n) is 13.6. The van der Waals surface area contributed by atoms with Gasteiger partial charge in [-0.05, 0) is 48.4 Å². The molecule has 216 valence electrons. The molecule has 4 heterocycles. The average Bonchev–Trinajstić information content (AvgIpc) is 2.91. The minimum Gasteiger partial charge on any atom is -0.378 e. The Balaban J connectivity index is 1.40. The molecule has 1 aromatic carbocycles. The summed E-state index contributed by atoms with van der Waals surface area (Å²) >= 11 is 0.